The lowest BCUT2D eigenvalue weighted by molar-refractivity contribution is -0.698. The van der Waals surface area contributed by atoms with Crippen molar-refractivity contribution in [2.45, 2.75) is 6.54 Å². The van der Waals surface area contributed by atoms with Gasteiger partial charge < -0.3 is 10.2 Å². The normalized spacial score (nSPS) is 9.75. The molecule has 0 saturated carbocycles. The van der Waals surface area contributed by atoms with Gasteiger partial charge in [0.15, 0.2) is 18.9 Å². The Kier molecular flexibility index (Phi) is 2.76. The molecule has 1 heterocycles. The van der Waals surface area contributed by atoms with E-state index in [1.165, 1.54) is 12.3 Å². The monoisotopic (exact) mass is 168 g/mol. The van der Waals surface area contributed by atoms with E-state index in [1.807, 2.05) is 0 Å². The van der Waals surface area contributed by atoms with Gasteiger partial charge in [-0.2, -0.15) is 0 Å². The SMILES string of the molecule is O=C(O)c1ccc[n+](CCO)c1. The number of carboxylic acid groups (broad SMARTS) is 1. The Hall–Kier alpha value is -1.42. The van der Waals surface area contributed by atoms with Crippen molar-refractivity contribution in [3.63, 3.8) is 0 Å². The molecule has 1 aromatic rings. The van der Waals surface area contributed by atoms with E-state index in [1.54, 1.807) is 16.8 Å². The van der Waals surface area contributed by atoms with Gasteiger partial charge in [-0.05, 0) is 6.07 Å². The number of carbonyl (C=O) groups is 1. The minimum atomic E-state index is -0.956. The highest BCUT2D eigenvalue weighted by Crippen LogP contribution is 1.92. The van der Waals surface area contributed by atoms with Gasteiger partial charge in [-0.1, -0.05) is 0 Å². The molecule has 0 aliphatic heterocycles. The first kappa shape index (κ1) is 8.67. The molecule has 0 saturated heterocycles. The van der Waals surface area contributed by atoms with E-state index in [9.17, 15) is 4.79 Å². The van der Waals surface area contributed by atoms with Crippen LogP contribution in [0.3, 0.4) is 0 Å². The van der Waals surface area contributed by atoms with Crippen LogP contribution in [0.4, 0.5) is 0 Å². The number of carboxylic acids is 1. The largest absolute Gasteiger partial charge is 0.477 e. The Morgan fingerprint density at radius 3 is 2.92 bits per heavy atom. The summed E-state index contributed by atoms with van der Waals surface area (Å²) in [6, 6.07) is 3.15. The van der Waals surface area contributed by atoms with Crippen molar-refractivity contribution < 1.29 is 19.6 Å². The van der Waals surface area contributed by atoms with Gasteiger partial charge in [-0.15, -0.1) is 0 Å². The van der Waals surface area contributed by atoms with Crippen molar-refractivity contribution in [2.75, 3.05) is 6.61 Å². The van der Waals surface area contributed by atoms with Crippen LogP contribution in [0.1, 0.15) is 10.4 Å². The highest BCUT2D eigenvalue weighted by molar-refractivity contribution is 5.86. The number of aromatic nitrogens is 1. The zero-order chi connectivity index (χ0) is 8.97. The summed E-state index contributed by atoms with van der Waals surface area (Å²) in [5.41, 5.74) is 0.228. The van der Waals surface area contributed by atoms with Crippen molar-refractivity contribution >= 4 is 5.97 Å². The molecule has 2 N–H and O–H groups in total. The van der Waals surface area contributed by atoms with Crippen LogP contribution in [0.25, 0.3) is 0 Å². The Labute approximate surface area is 69.7 Å². The molecule has 0 atom stereocenters. The fourth-order valence-corrected chi connectivity index (χ4v) is 0.903. The molecule has 1 aromatic heterocycles. The molecular formula is C8H10NO3+. The predicted molar refractivity (Wildman–Crippen MR) is 40.7 cm³/mol. The molecule has 64 valence electrons. The minimum Gasteiger partial charge on any atom is -0.477 e. The zero-order valence-electron chi connectivity index (χ0n) is 6.47. The highest BCUT2D eigenvalue weighted by atomic mass is 16.4. The molecule has 0 aliphatic carbocycles. The molecule has 12 heavy (non-hydrogen) atoms. The van der Waals surface area contributed by atoms with E-state index in [0.717, 1.165) is 0 Å². The van der Waals surface area contributed by atoms with Crippen LogP contribution < -0.4 is 4.57 Å². The lowest BCUT2D eigenvalue weighted by Crippen LogP contribution is -2.35. The number of pyridine rings is 1. The van der Waals surface area contributed by atoms with Crippen LogP contribution in [0.2, 0.25) is 0 Å². The zero-order valence-corrected chi connectivity index (χ0v) is 6.47. The van der Waals surface area contributed by atoms with Crippen LogP contribution in [0.15, 0.2) is 24.5 Å². The van der Waals surface area contributed by atoms with Gasteiger partial charge in [0.05, 0.1) is 0 Å². The third-order valence-corrected chi connectivity index (χ3v) is 1.46. The maximum atomic E-state index is 10.5. The first-order valence-electron chi connectivity index (χ1n) is 3.57. The number of aliphatic hydroxyl groups excluding tert-OH is 1. The standard InChI is InChI=1S/C8H9NO3/c10-5-4-9-3-1-2-7(6-9)8(11)12/h1-3,6,10H,4-5H2/p+1. The average molecular weight is 168 g/mol. The predicted octanol–water partition coefficient (Wildman–Crippen LogP) is -0.335. The summed E-state index contributed by atoms with van der Waals surface area (Å²) < 4.78 is 1.63. The van der Waals surface area contributed by atoms with Crippen LogP contribution in [-0.2, 0) is 6.54 Å². The van der Waals surface area contributed by atoms with Gasteiger partial charge in [-0.25, -0.2) is 9.36 Å². The third kappa shape index (κ3) is 2.03. The molecule has 1 rings (SSSR count). The quantitative estimate of drug-likeness (QED) is 0.607. The molecule has 0 aromatic carbocycles. The Morgan fingerprint density at radius 1 is 1.58 bits per heavy atom. The summed E-state index contributed by atoms with van der Waals surface area (Å²) in [4.78, 5) is 10.5. The second-order valence-corrected chi connectivity index (χ2v) is 2.36. The number of aliphatic hydroxyl groups is 1. The Morgan fingerprint density at radius 2 is 2.33 bits per heavy atom. The smallest absolute Gasteiger partial charge is 0.341 e. The number of nitrogens with zero attached hydrogens (tertiary/aromatic N) is 1. The van der Waals surface area contributed by atoms with Gasteiger partial charge in [0, 0.05) is 6.07 Å². The summed E-state index contributed by atoms with van der Waals surface area (Å²) in [5.74, 6) is -0.956. The van der Waals surface area contributed by atoms with Crippen molar-refractivity contribution in [3.05, 3.63) is 30.1 Å². The average Bonchev–Trinajstić information content (AvgIpc) is 2.05. The molecule has 4 heteroatoms. The number of rotatable bonds is 3. The summed E-state index contributed by atoms with van der Waals surface area (Å²) in [6.45, 7) is 0.425. The Balaban J connectivity index is 2.88. The topological polar surface area (TPSA) is 61.4 Å². The molecule has 0 unspecified atom stereocenters. The fraction of sp³-hybridized carbons (Fsp3) is 0.250. The molecule has 0 amide bonds. The fourth-order valence-electron chi connectivity index (χ4n) is 0.903. The van der Waals surface area contributed by atoms with Crippen molar-refractivity contribution in [2.24, 2.45) is 0 Å². The van der Waals surface area contributed by atoms with Crippen LogP contribution >= 0.6 is 0 Å². The second-order valence-electron chi connectivity index (χ2n) is 2.36. The summed E-state index contributed by atoms with van der Waals surface area (Å²) in [6.07, 6.45) is 3.20. The Bertz CT molecular complexity index is 285. The molecule has 0 bridgehead atoms. The molecule has 0 aliphatic rings. The molecular weight excluding hydrogens is 158 g/mol. The van der Waals surface area contributed by atoms with E-state index in [0.29, 0.717) is 6.54 Å². The van der Waals surface area contributed by atoms with Crippen molar-refractivity contribution in [1.82, 2.24) is 0 Å². The lowest BCUT2D eigenvalue weighted by Gasteiger charge is -1.94. The maximum absolute atomic E-state index is 10.5. The van der Waals surface area contributed by atoms with Crippen molar-refractivity contribution in [1.29, 1.82) is 0 Å². The van der Waals surface area contributed by atoms with E-state index in [4.69, 9.17) is 10.2 Å². The van der Waals surface area contributed by atoms with Gasteiger partial charge >= 0.3 is 5.97 Å². The van der Waals surface area contributed by atoms with Gasteiger partial charge in [0.1, 0.15) is 12.2 Å². The van der Waals surface area contributed by atoms with Crippen LogP contribution in [-0.4, -0.2) is 22.8 Å². The number of hydrogen-bond acceptors (Lipinski definition) is 2. The third-order valence-electron chi connectivity index (χ3n) is 1.46. The van der Waals surface area contributed by atoms with Crippen LogP contribution in [0.5, 0.6) is 0 Å². The molecule has 0 spiro atoms. The summed E-state index contributed by atoms with van der Waals surface area (Å²) in [7, 11) is 0. The van der Waals surface area contributed by atoms with E-state index in [2.05, 4.69) is 0 Å². The van der Waals surface area contributed by atoms with Crippen LogP contribution in [0, 0.1) is 0 Å². The number of hydrogen-bond donors (Lipinski definition) is 2. The molecule has 4 nitrogen and oxygen atoms in total. The van der Waals surface area contributed by atoms with Gasteiger partial charge in [-0.3, -0.25) is 0 Å². The maximum Gasteiger partial charge on any atom is 0.341 e. The highest BCUT2D eigenvalue weighted by Gasteiger charge is 2.07. The second kappa shape index (κ2) is 3.82. The lowest BCUT2D eigenvalue weighted by atomic mass is 10.3. The van der Waals surface area contributed by atoms with Crippen molar-refractivity contribution in [3.8, 4) is 0 Å². The van der Waals surface area contributed by atoms with E-state index >= 15 is 0 Å². The first-order valence-corrected chi connectivity index (χ1v) is 3.57. The number of aromatic carboxylic acids is 1. The van der Waals surface area contributed by atoms with Gasteiger partial charge in [0.25, 0.3) is 0 Å². The minimum absolute atomic E-state index is 0.00768. The van der Waals surface area contributed by atoms with E-state index < -0.39 is 5.97 Å². The molecule has 0 radical (unpaired) electrons. The van der Waals surface area contributed by atoms with Gasteiger partial charge in [0.2, 0.25) is 0 Å². The summed E-state index contributed by atoms with van der Waals surface area (Å²) in [5, 5.41) is 17.2. The molecule has 0 fully saturated rings. The van der Waals surface area contributed by atoms with E-state index in [-0.39, 0.29) is 12.2 Å². The summed E-state index contributed by atoms with van der Waals surface area (Å²) >= 11 is 0. The first-order chi connectivity index (χ1) is 5.74.